The van der Waals surface area contributed by atoms with Crippen molar-refractivity contribution in [2.45, 2.75) is 13.3 Å². The smallest absolute Gasteiger partial charge is 0.262 e. The van der Waals surface area contributed by atoms with E-state index in [1.807, 2.05) is 12.1 Å². The molecule has 0 saturated carbocycles. The van der Waals surface area contributed by atoms with Crippen LogP contribution in [0.5, 0.6) is 17.2 Å². The first-order valence-corrected chi connectivity index (χ1v) is 8.57. The zero-order chi connectivity index (χ0) is 19.4. The molecule has 0 spiro atoms. The summed E-state index contributed by atoms with van der Waals surface area (Å²) in [6, 6.07) is 10.6. The molecule has 0 unspecified atom stereocenters. The fraction of sp³-hybridized carbons (Fsp3) is 0.300. The van der Waals surface area contributed by atoms with Crippen molar-refractivity contribution in [1.82, 2.24) is 0 Å². The standard InChI is InChI=1S/C20H22N2O5/c1-13(23)22-7-6-14-8-15(4-5-19(14)22)21-20(24)12-27-18-10-16(25-2)9-17(11-18)26-3/h4-5,8-11H,6-7,12H2,1-3H3,(H,21,24). The van der Waals surface area contributed by atoms with Crippen molar-refractivity contribution in [3.63, 3.8) is 0 Å². The van der Waals surface area contributed by atoms with Crippen molar-refractivity contribution in [3.05, 3.63) is 42.0 Å². The first kappa shape index (κ1) is 18.6. The molecule has 0 bridgehead atoms. The molecule has 0 radical (unpaired) electrons. The summed E-state index contributed by atoms with van der Waals surface area (Å²) < 4.78 is 15.9. The number of fused-ring (bicyclic) bond motifs is 1. The fourth-order valence-electron chi connectivity index (χ4n) is 3.02. The highest BCUT2D eigenvalue weighted by Crippen LogP contribution is 2.30. The number of amides is 2. The molecule has 0 atom stereocenters. The number of nitrogens with one attached hydrogen (secondary N) is 1. The number of hydrogen-bond acceptors (Lipinski definition) is 5. The molecule has 0 aromatic heterocycles. The van der Waals surface area contributed by atoms with Gasteiger partial charge < -0.3 is 24.4 Å². The number of benzene rings is 2. The first-order valence-electron chi connectivity index (χ1n) is 8.57. The van der Waals surface area contributed by atoms with Crippen LogP contribution in [0.25, 0.3) is 0 Å². The second-order valence-corrected chi connectivity index (χ2v) is 6.15. The third-order valence-electron chi connectivity index (χ3n) is 4.33. The lowest BCUT2D eigenvalue weighted by Gasteiger charge is -2.15. The van der Waals surface area contributed by atoms with Gasteiger partial charge in [0.2, 0.25) is 5.91 Å². The van der Waals surface area contributed by atoms with E-state index in [9.17, 15) is 9.59 Å². The average molecular weight is 370 g/mol. The minimum atomic E-state index is -0.279. The lowest BCUT2D eigenvalue weighted by Crippen LogP contribution is -2.25. The maximum Gasteiger partial charge on any atom is 0.262 e. The highest BCUT2D eigenvalue weighted by Gasteiger charge is 2.22. The van der Waals surface area contributed by atoms with Crippen LogP contribution in [0.2, 0.25) is 0 Å². The Morgan fingerprint density at radius 3 is 2.33 bits per heavy atom. The molecule has 27 heavy (non-hydrogen) atoms. The van der Waals surface area contributed by atoms with E-state index in [1.165, 1.54) is 0 Å². The van der Waals surface area contributed by atoms with Crippen molar-refractivity contribution in [1.29, 1.82) is 0 Å². The van der Waals surface area contributed by atoms with Crippen LogP contribution in [0.1, 0.15) is 12.5 Å². The molecule has 142 valence electrons. The Balaban J connectivity index is 1.61. The van der Waals surface area contributed by atoms with Crippen molar-refractivity contribution in [2.75, 3.05) is 37.6 Å². The number of carbonyl (C=O) groups excluding carboxylic acids is 2. The van der Waals surface area contributed by atoms with Gasteiger partial charge in [0, 0.05) is 43.0 Å². The quantitative estimate of drug-likeness (QED) is 0.846. The molecule has 7 heteroatoms. The molecule has 3 rings (SSSR count). The molecule has 7 nitrogen and oxygen atoms in total. The van der Waals surface area contributed by atoms with Gasteiger partial charge >= 0.3 is 0 Å². The van der Waals surface area contributed by atoms with Crippen LogP contribution in [-0.4, -0.2) is 39.2 Å². The van der Waals surface area contributed by atoms with Crippen molar-refractivity contribution in [3.8, 4) is 17.2 Å². The second kappa shape index (κ2) is 7.99. The van der Waals surface area contributed by atoms with Gasteiger partial charge in [0.15, 0.2) is 6.61 Å². The van der Waals surface area contributed by atoms with Crippen molar-refractivity contribution >= 4 is 23.2 Å². The maximum atomic E-state index is 12.2. The minimum Gasteiger partial charge on any atom is -0.496 e. The molecule has 2 amide bonds. The molecule has 2 aromatic rings. The van der Waals surface area contributed by atoms with Crippen LogP contribution in [0.3, 0.4) is 0 Å². The Hall–Kier alpha value is -3.22. The molecular weight excluding hydrogens is 348 g/mol. The van der Waals surface area contributed by atoms with Gasteiger partial charge in [-0.05, 0) is 30.2 Å². The number of rotatable bonds is 6. The Bertz CT molecular complexity index is 843. The van der Waals surface area contributed by atoms with Gasteiger partial charge in [0.25, 0.3) is 5.91 Å². The number of carbonyl (C=O) groups is 2. The van der Waals surface area contributed by atoms with Crippen LogP contribution >= 0.6 is 0 Å². The summed E-state index contributed by atoms with van der Waals surface area (Å²) in [4.78, 5) is 25.5. The van der Waals surface area contributed by atoms with Gasteiger partial charge in [0.05, 0.1) is 14.2 Å². The molecular formula is C20H22N2O5. The zero-order valence-corrected chi connectivity index (χ0v) is 15.6. The monoisotopic (exact) mass is 370 g/mol. The summed E-state index contributed by atoms with van der Waals surface area (Å²) in [6.07, 6.45) is 0.777. The minimum absolute atomic E-state index is 0.0210. The summed E-state index contributed by atoms with van der Waals surface area (Å²) in [5, 5.41) is 2.81. The Labute approximate surface area is 157 Å². The summed E-state index contributed by atoms with van der Waals surface area (Å²) in [6.45, 7) is 2.07. The van der Waals surface area contributed by atoms with Crippen molar-refractivity contribution < 1.29 is 23.8 Å². The molecule has 1 N–H and O–H groups in total. The lowest BCUT2D eigenvalue weighted by atomic mass is 10.1. The Morgan fingerprint density at radius 1 is 1.04 bits per heavy atom. The Kier molecular flexibility index (Phi) is 5.49. The van der Waals surface area contributed by atoms with E-state index in [0.717, 1.165) is 17.7 Å². The van der Waals surface area contributed by atoms with Gasteiger partial charge in [-0.15, -0.1) is 0 Å². The van der Waals surface area contributed by atoms with Crippen LogP contribution in [0.4, 0.5) is 11.4 Å². The third-order valence-corrected chi connectivity index (χ3v) is 4.33. The molecule has 1 heterocycles. The van der Waals surface area contributed by atoms with E-state index in [2.05, 4.69) is 5.32 Å². The van der Waals surface area contributed by atoms with Gasteiger partial charge in [-0.1, -0.05) is 0 Å². The van der Waals surface area contributed by atoms with E-state index < -0.39 is 0 Å². The highest BCUT2D eigenvalue weighted by atomic mass is 16.5. The van der Waals surface area contributed by atoms with E-state index in [0.29, 0.717) is 29.5 Å². The fourth-order valence-corrected chi connectivity index (χ4v) is 3.02. The Morgan fingerprint density at radius 2 is 1.70 bits per heavy atom. The average Bonchev–Trinajstić information content (AvgIpc) is 3.09. The summed E-state index contributed by atoms with van der Waals surface area (Å²) in [5.74, 6) is 1.38. The lowest BCUT2D eigenvalue weighted by molar-refractivity contribution is -0.118. The number of ether oxygens (including phenoxy) is 3. The van der Waals surface area contributed by atoms with Gasteiger partial charge in [-0.25, -0.2) is 0 Å². The van der Waals surface area contributed by atoms with Crippen LogP contribution in [-0.2, 0) is 16.0 Å². The van der Waals surface area contributed by atoms with Gasteiger partial charge in [0.1, 0.15) is 17.2 Å². The number of methoxy groups -OCH3 is 2. The summed E-state index contributed by atoms with van der Waals surface area (Å²) in [7, 11) is 3.10. The van der Waals surface area contributed by atoms with E-state index in [4.69, 9.17) is 14.2 Å². The molecule has 0 saturated heterocycles. The largest absolute Gasteiger partial charge is 0.496 e. The van der Waals surface area contributed by atoms with E-state index in [-0.39, 0.29) is 18.4 Å². The van der Waals surface area contributed by atoms with Gasteiger partial charge in [-0.2, -0.15) is 0 Å². The maximum absolute atomic E-state index is 12.2. The summed E-state index contributed by atoms with van der Waals surface area (Å²) in [5.41, 5.74) is 2.62. The summed E-state index contributed by atoms with van der Waals surface area (Å²) >= 11 is 0. The molecule has 1 aliphatic heterocycles. The molecule has 0 fully saturated rings. The number of anilines is 2. The highest BCUT2D eigenvalue weighted by molar-refractivity contribution is 5.95. The zero-order valence-electron chi connectivity index (χ0n) is 15.6. The molecule has 1 aliphatic rings. The predicted molar refractivity (Wildman–Crippen MR) is 102 cm³/mol. The third kappa shape index (κ3) is 4.31. The molecule has 0 aliphatic carbocycles. The molecule has 2 aromatic carbocycles. The van der Waals surface area contributed by atoms with Crippen LogP contribution in [0.15, 0.2) is 36.4 Å². The SMILES string of the molecule is COc1cc(OC)cc(OCC(=O)Nc2ccc3c(c2)CCN3C(C)=O)c1. The first-order chi connectivity index (χ1) is 13.0. The van der Waals surface area contributed by atoms with Crippen LogP contribution < -0.4 is 24.4 Å². The van der Waals surface area contributed by atoms with E-state index >= 15 is 0 Å². The van der Waals surface area contributed by atoms with Crippen LogP contribution in [0, 0.1) is 0 Å². The predicted octanol–water partition coefficient (Wildman–Crippen LogP) is 2.63. The van der Waals surface area contributed by atoms with Crippen molar-refractivity contribution in [2.24, 2.45) is 0 Å². The normalized spacial score (nSPS) is 12.3. The topological polar surface area (TPSA) is 77.1 Å². The number of nitrogens with zero attached hydrogens (tertiary/aromatic N) is 1. The second-order valence-electron chi connectivity index (χ2n) is 6.15. The van der Waals surface area contributed by atoms with E-state index in [1.54, 1.807) is 50.3 Å². The number of hydrogen-bond donors (Lipinski definition) is 1. The van der Waals surface area contributed by atoms with Gasteiger partial charge in [-0.3, -0.25) is 9.59 Å².